The Bertz CT molecular complexity index is 1570. The second-order valence-corrected chi connectivity index (χ2v) is 8.15. The van der Waals surface area contributed by atoms with Gasteiger partial charge in [0.15, 0.2) is 0 Å². The Morgan fingerprint density at radius 1 is 1.00 bits per heavy atom. The molecule has 0 spiro atoms. The molecular formula is C29H24N2O4. The summed E-state index contributed by atoms with van der Waals surface area (Å²) >= 11 is 0. The maximum absolute atomic E-state index is 12.8. The number of methoxy groups -OCH3 is 2. The molecule has 0 atom stereocenters. The third-order valence-electron chi connectivity index (χ3n) is 5.94. The molecule has 2 aromatic heterocycles. The molecular weight excluding hydrogens is 440 g/mol. The fraction of sp³-hybridized carbons (Fsp3) is 0.103. The average molecular weight is 465 g/mol. The Labute approximate surface area is 202 Å². The van der Waals surface area contributed by atoms with E-state index in [9.17, 15) is 4.79 Å². The summed E-state index contributed by atoms with van der Waals surface area (Å²) < 4.78 is 16.7. The minimum Gasteiger partial charge on any atom is -0.497 e. The summed E-state index contributed by atoms with van der Waals surface area (Å²) in [5, 5.41) is 4.83. The van der Waals surface area contributed by atoms with Crippen LogP contribution in [-0.2, 0) is 4.79 Å². The number of rotatable bonds is 6. The fourth-order valence-electron chi connectivity index (χ4n) is 4.13. The van der Waals surface area contributed by atoms with Crippen molar-refractivity contribution in [3.05, 3.63) is 90.8 Å². The van der Waals surface area contributed by atoms with E-state index in [4.69, 9.17) is 13.9 Å². The number of hydrogen-bond donors (Lipinski definition) is 1. The molecule has 35 heavy (non-hydrogen) atoms. The zero-order valence-corrected chi connectivity index (χ0v) is 19.7. The van der Waals surface area contributed by atoms with Gasteiger partial charge in [0, 0.05) is 45.9 Å². The van der Waals surface area contributed by atoms with Crippen LogP contribution in [0.2, 0.25) is 0 Å². The molecule has 2 heterocycles. The normalized spacial score (nSPS) is 11.6. The van der Waals surface area contributed by atoms with E-state index in [0.29, 0.717) is 17.0 Å². The molecule has 5 rings (SSSR count). The van der Waals surface area contributed by atoms with Gasteiger partial charge in [-0.1, -0.05) is 18.2 Å². The minimum atomic E-state index is -0.226. The van der Waals surface area contributed by atoms with Gasteiger partial charge in [0.1, 0.15) is 17.1 Å². The summed E-state index contributed by atoms with van der Waals surface area (Å²) in [6, 6.07) is 21.1. The average Bonchev–Trinajstić information content (AvgIpc) is 3.30. The van der Waals surface area contributed by atoms with E-state index in [0.717, 1.165) is 44.3 Å². The van der Waals surface area contributed by atoms with Crippen LogP contribution in [0.5, 0.6) is 11.5 Å². The van der Waals surface area contributed by atoms with Crippen molar-refractivity contribution in [2.75, 3.05) is 19.5 Å². The van der Waals surface area contributed by atoms with Crippen molar-refractivity contribution in [1.82, 2.24) is 4.98 Å². The smallest absolute Gasteiger partial charge is 0.248 e. The monoisotopic (exact) mass is 464 g/mol. The molecule has 1 N–H and O–H groups in total. The third-order valence-corrected chi connectivity index (χ3v) is 5.94. The topological polar surface area (TPSA) is 73.6 Å². The number of amides is 1. The molecule has 6 heteroatoms. The number of carbonyl (C=O) groups is 1. The summed E-state index contributed by atoms with van der Waals surface area (Å²) in [4.78, 5) is 17.1. The fourth-order valence-corrected chi connectivity index (χ4v) is 4.13. The van der Waals surface area contributed by atoms with Crippen molar-refractivity contribution in [2.24, 2.45) is 0 Å². The lowest BCUT2D eigenvalue weighted by atomic mass is 9.99. The molecule has 174 valence electrons. The van der Waals surface area contributed by atoms with Crippen LogP contribution in [0.3, 0.4) is 0 Å². The standard InChI is InChI=1S/C29H24N2O4/c1-18(13-29(32)31-21-8-11-26-20(14-21)5-4-12-30-26)23-15-24-25(17-35-28(24)16-27(23)34-3)19-6-9-22(33-2)10-7-19/h4-17H,1-3H3,(H,31,32)/b18-13+. The summed E-state index contributed by atoms with van der Waals surface area (Å²) in [6.45, 7) is 1.89. The van der Waals surface area contributed by atoms with Crippen molar-refractivity contribution in [1.29, 1.82) is 0 Å². The molecule has 0 saturated carbocycles. The summed E-state index contributed by atoms with van der Waals surface area (Å²) in [7, 11) is 3.25. The van der Waals surface area contributed by atoms with Crippen LogP contribution in [0.15, 0.2) is 89.7 Å². The number of aromatic nitrogens is 1. The van der Waals surface area contributed by atoms with Gasteiger partial charge in [0.05, 0.1) is 26.0 Å². The van der Waals surface area contributed by atoms with Crippen molar-refractivity contribution < 1.29 is 18.7 Å². The lowest BCUT2D eigenvalue weighted by Gasteiger charge is -2.10. The van der Waals surface area contributed by atoms with E-state index in [2.05, 4.69) is 10.3 Å². The molecule has 5 aromatic rings. The number of pyridine rings is 1. The molecule has 3 aromatic carbocycles. The summed E-state index contributed by atoms with van der Waals surface area (Å²) in [6.07, 6.45) is 5.05. The maximum Gasteiger partial charge on any atom is 0.248 e. The predicted octanol–water partition coefficient (Wildman–Crippen LogP) is 6.71. The van der Waals surface area contributed by atoms with Crippen molar-refractivity contribution in [3.63, 3.8) is 0 Å². The van der Waals surface area contributed by atoms with Gasteiger partial charge >= 0.3 is 0 Å². The molecule has 0 unspecified atom stereocenters. The molecule has 0 aliphatic rings. The zero-order valence-electron chi connectivity index (χ0n) is 19.7. The van der Waals surface area contributed by atoms with Crippen molar-refractivity contribution in [3.8, 4) is 22.6 Å². The van der Waals surface area contributed by atoms with E-state index < -0.39 is 0 Å². The lowest BCUT2D eigenvalue weighted by Crippen LogP contribution is -2.08. The van der Waals surface area contributed by atoms with Crippen molar-refractivity contribution in [2.45, 2.75) is 6.92 Å². The zero-order chi connectivity index (χ0) is 24.4. The van der Waals surface area contributed by atoms with Crippen LogP contribution in [0.1, 0.15) is 12.5 Å². The number of nitrogens with one attached hydrogen (secondary N) is 1. The Kier molecular flexibility index (Phi) is 5.94. The molecule has 0 aliphatic carbocycles. The first-order chi connectivity index (χ1) is 17.1. The number of ether oxygens (including phenoxy) is 2. The van der Waals surface area contributed by atoms with Gasteiger partial charge in [-0.3, -0.25) is 9.78 Å². The van der Waals surface area contributed by atoms with E-state index in [1.54, 1.807) is 32.8 Å². The Balaban J connectivity index is 1.47. The van der Waals surface area contributed by atoms with Gasteiger partial charge < -0.3 is 19.2 Å². The number of furan rings is 1. The number of nitrogens with zero attached hydrogens (tertiary/aromatic N) is 1. The van der Waals surface area contributed by atoms with E-state index >= 15 is 0 Å². The third kappa shape index (κ3) is 4.46. The Morgan fingerprint density at radius 2 is 1.83 bits per heavy atom. The number of carbonyl (C=O) groups excluding carboxylic acids is 1. The molecule has 0 radical (unpaired) electrons. The van der Waals surface area contributed by atoms with E-state index in [1.807, 2.05) is 73.7 Å². The second kappa shape index (κ2) is 9.35. The predicted molar refractivity (Wildman–Crippen MR) is 139 cm³/mol. The van der Waals surface area contributed by atoms with Crippen LogP contribution >= 0.6 is 0 Å². The molecule has 0 saturated heterocycles. The first kappa shape index (κ1) is 22.2. The van der Waals surface area contributed by atoms with Crippen LogP contribution in [0.4, 0.5) is 5.69 Å². The van der Waals surface area contributed by atoms with Gasteiger partial charge in [0.25, 0.3) is 0 Å². The molecule has 0 aliphatic heterocycles. The number of anilines is 1. The van der Waals surface area contributed by atoms with E-state index in [-0.39, 0.29) is 5.91 Å². The van der Waals surface area contributed by atoms with E-state index in [1.165, 1.54) is 0 Å². The summed E-state index contributed by atoms with van der Waals surface area (Å²) in [5.41, 5.74) is 5.83. The molecule has 1 amide bonds. The van der Waals surface area contributed by atoms with Gasteiger partial charge in [-0.15, -0.1) is 0 Å². The molecule has 0 fully saturated rings. The van der Waals surface area contributed by atoms with Crippen LogP contribution in [0, 0.1) is 0 Å². The Hall–Kier alpha value is -4.58. The van der Waals surface area contributed by atoms with Crippen LogP contribution < -0.4 is 14.8 Å². The highest BCUT2D eigenvalue weighted by atomic mass is 16.5. The SMILES string of the molecule is COc1ccc(-c2coc3cc(OC)c(/C(C)=C/C(=O)Nc4ccc5ncccc5c4)cc23)cc1. The van der Waals surface area contributed by atoms with Crippen LogP contribution in [-0.4, -0.2) is 25.1 Å². The first-order valence-electron chi connectivity index (χ1n) is 11.1. The quantitative estimate of drug-likeness (QED) is 0.283. The number of allylic oxidation sites excluding steroid dienone is 1. The first-order valence-corrected chi connectivity index (χ1v) is 11.1. The largest absolute Gasteiger partial charge is 0.497 e. The number of fused-ring (bicyclic) bond motifs is 2. The highest BCUT2D eigenvalue weighted by Gasteiger charge is 2.15. The lowest BCUT2D eigenvalue weighted by molar-refractivity contribution is -0.111. The highest BCUT2D eigenvalue weighted by molar-refractivity contribution is 6.06. The number of hydrogen-bond acceptors (Lipinski definition) is 5. The van der Waals surface area contributed by atoms with Gasteiger partial charge in [-0.25, -0.2) is 0 Å². The van der Waals surface area contributed by atoms with Gasteiger partial charge in [-0.05, 0) is 60.5 Å². The maximum atomic E-state index is 12.8. The highest BCUT2D eigenvalue weighted by Crippen LogP contribution is 2.37. The second-order valence-electron chi connectivity index (χ2n) is 8.15. The summed E-state index contributed by atoms with van der Waals surface area (Å²) in [5.74, 6) is 1.19. The molecule has 0 bridgehead atoms. The van der Waals surface area contributed by atoms with Crippen molar-refractivity contribution >= 4 is 39.0 Å². The Morgan fingerprint density at radius 3 is 2.60 bits per heavy atom. The minimum absolute atomic E-state index is 0.226. The van der Waals surface area contributed by atoms with Gasteiger partial charge in [-0.2, -0.15) is 0 Å². The van der Waals surface area contributed by atoms with Gasteiger partial charge in [0.2, 0.25) is 5.91 Å². The molecule has 6 nitrogen and oxygen atoms in total. The number of benzene rings is 3. The van der Waals surface area contributed by atoms with Crippen LogP contribution in [0.25, 0.3) is 38.6 Å².